The quantitative estimate of drug-likeness (QED) is 0.809. The van der Waals surface area contributed by atoms with Crippen molar-refractivity contribution in [2.24, 2.45) is 5.92 Å². The summed E-state index contributed by atoms with van der Waals surface area (Å²) in [5, 5.41) is 13.1. The van der Waals surface area contributed by atoms with Crippen molar-refractivity contribution in [3.8, 4) is 0 Å². The second-order valence-electron chi connectivity index (χ2n) is 7.05. The van der Waals surface area contributed by atoms with Gasteiger partial charge in [0.25, 0.3) is 0 Å². The van der Waals surface area contributed by atoms with Gasteiger partial charge in [0.1, 0.15) is 0 Å². The average Bonchev–Trinajstić information content (AvgIpc) is 2.34. The van der Waals surface area contributed by atoms with Crippen LogP contribution in [0.1, 0.15) is 66.7 Å². The van der Waals surface area contributed by atoms with Crippen LogP contribution in [0.15, 0.2) is 0 Å². The summed E-state index contributed by atoms with van der Waals surface area (Å²) < 4.78 is 0. The SMILES string of the molecule is CCNC(C1CCCCC1)C(C)N(C(=O)O)C(C)(C)C. The molecule has 1 aliphatic carbocycles. The monoisotopic (exact) mass is 284 g/mol. The van der Waals surface area contributed by atoms with E-state index in [9.17, 15) is 9.90 Å². The highest BCUT2D eigenvalue weighted by Crippen LogP contribution is 2.31. The van der Waals surface area contributed by atoms with E-state index < -0.39 is 6.09 Å². The summed E-state index contributed by atoms with van der Waals surface area (Å²) in [5.41, 5.74) is -0.367. The summed E-state index contributed by atoms with van der Waals surface area (Å²) in [6.07, 6.45) is 5.51. The molecule has 20 heavy (non-hydrogen) atoms. The summed E-state index contributed by atoms with van der Waals surface area (Å²) in [5.74, 6) is 0.600. The summed E-state index contributed by atoms with van der Waals surface area (Å²) >= 11 is 0. The van der Waals surface area contributed by atoms with Crippen molar-refractivity contribution in [1.29, 1.82) is 0 Å². The van der Waals surface area contributed by atoms with Crippen LogP contribution in [0.2, 0.25) is 0 Å². The zero-order valence-corrected chi connectivity index (χ0v) is 13.8. The van der Waals surface area contributed by atoms with E-state index in [0.717, 1.165) is 6.54 Å². The van der Waals surface area contributed by atoms with Gasteiger partial charge in [-0.15, -0.1) is 0 Å². The fourth-order valence-corrected chi connectivity index (χ4v) is 3.69. The van der Waals surface area contributed by atoms with Gasteiger partial charge in [-0.2, -0.15) is 0 Å². The molecule has 0 radical (unpaired) electrons. The maximum absolute atomic E-state index is 11.7. The number of rotatable bonds is 5. The minimum atomic E-state index is -0.816. The lowest BCUT2D eigenvalue weighted by molar-refractivity contribution is 0.0486. The third kappa shape index (κ3) is 4.37. The summed E-state index contributed by atoms with van der Waals surface area (Å²) in [7, 11) is 0. The number of hydrogen-bond acceptors (Lipinski definition) is 2. The van der Waals surface area contributed by atoms with Crippen LogP contribution >= 0.6 is 0 Å². The molecule has 1 fully saturated rings. The molecule has 118 valence electrons. The van der Waals surface area contributed by atoms with Crippen molar-refractivity contribution in [2.75, 3.05) is 6.54 Å². The maximum Gasteiger partial charge on any atom is 0.408 e. The number of amides is 1. The molecule has 0 aromatic heterocycles. The molecule has 0 spiro atoms. The normalized spacial score (nSPS) is 20.4. The molecule has 1 amide bonds. The molecular formula is C16H32N2O2. The Morgan fingerprint density at radius 3 is 2.25 bits per heavy atom. The maximum atomic E-state index is 11.7. The van der Waals surface area contributed by atoms with Crippen molar-refractivity contribution < 1.29 is 9.90 Å². The largest absolute Gasteiger partial charge is 0.465 e. The molecule has 1 saturated carbocycles. The number of likely N-dealkylation sites (N-methyl/N-ethyl adjacent to an activating group) is 1. The Labute approximate surface area is 123 Å². The molecule has 2 unspecified atom stereocenters. The van der Waals surface area contributed by atoms with Gasteiger partial charge in [0.05, 0.1) is 0 Å². The highest BCUT2D eigenvalue weighted by Gasteiger charge is 2.37. The van der Waals surface area contributed by atoms with Crippen LogP contribution in [0.25, 0.3) is 0 Å². The Bertz CT molecular complexity index is 306. The number of carbonyl (C=O) groups is 1. The Kier molecular flexibility index (Phi) is 6.31. The smallest absolute Gasteiger partial charge is 0.408 e. The van der Waals surface area contributed by atoms with Gasteiger partial charge < -0.3 is 10.4 Å². The van der Waals surface area contributed by atoms with Crippen LogP contribution in [0, 0.1) is 5.92 Å². The third-order valence-corrected chi connectivity index (χ3v) is 4.45. The molecule has 0 aromatic carbocycles. The van der Waals surface area contributed by atoms with E-state index in [4.69, 9.17) is 0 Å². The number of hydrogen-bond donors (Lipinski definition) is 2. The number of carboxylic acid groups (broad SMARTS) is 1. The molecule has 4 nitrogen and oxygen atoms in total. The van der Waals surface area contributed by atoms with Crippen LogP contribution in [-0.2, 0) is 0 Å². The van der Waals surface area contributed by atoms with E-state index in [1.54, 1.807) is 4.90 Å². The molecule has 2 atom stereocenters. The van der Waals surface area contributed by atoms with Gasteiger partial charge in [-0.1, -0.05) is 26.2 Å². The summed E-state index contributed by atoms with van der Waals surface area (Å²) in [4.78, 5) is 13.3. The molecule has 0 saturated heterocycles. The Balaban J connectivity index is 2.90. The zero-order chi connectivity index (χ0) is 15.3. The topological polar surface area (TPSA) is 52.6 Å². The Morgan fingerprint density at radius 2 is 1.85 bits per heavy atom. The van der Waals surface area contributed by atoms with Crippen LogP contribution < -0.4 is 5.32 Å². The van der Waals surface area contributed by atoms with Gasteiger partial charge in [0.15, 0.2) is 0 Å². The first-order valence-corrected chi connectivity index (χ1v) is 8.04. The first-order chi connectivity index (χ1) is 9.29. The first kappa shape index (κ1) is 17.3. The highest BCUT2D eigenvalue weighted by molar-refractivity contribution is 5.66. The van der Waals surface area contributed by atoms with Gasteiger partial charge in [-0.3, -0.25) is 4.90 Å². The van der Waals surface area contributed by atoms with Crippen LogP contribution in [0.5, 0.6) is 0 Å². The molecule has 0 heterocycles. The van der Waals surface area contributed by atoms with Crippen LogP contribution in [0.4, 0.5) is 4.79 Å². The van der Waals surface area contributed by atoms with E-state index in [2.05, 4.69) is 19.2 Å². The predicted molar refractivity (Wildman–Crippen MR) is 83.1 cm³/mol. The number of nitrogens with zero attached hydrogens (tertiary/aromatic N) is 1. The third-order valence-electron chi connectivity index (χ3n) is 4.45. The van der Waals surface area contributed by atoms with Gasteiger partial charge in [0, 0.05) is 17.6 Å². The Hall–Kier alpha value is -0.770. The molecular weight excluding hydrogens is 252 g/mol. The molecule has 0 bridgehead atoms. The second-order valence-corrected chi connectivity index (χ2v) is 7.05. The van der Waals surface area contributed by atoms with Gasteiger partial charge in [-0.25, -0.2) is 4.79 Å². The minimum absolute atomic E-state index is 0.00412. The zero-order valence-electron chi connectivity index (χ0n) is 13.8. The molecule has 0 aromatic rings. The van der Waals surface area contributed by atoms with Crippen molar-refractivity contribution in [3.05, 3.63) is 0 Å². The van der Waals surface area contributed by atoms with Crippen molar-refractivity contribution >= 4 is 6.09 Å². The highest BCUT2D eigenvalue weighted by atomic mass is 16.4. The van der Waals surface area contributed by atoms with Crippen LogP contribution in [-0.4, -0.2) is 40.3 Å². The van der Waals surface area contributed by atoms with Crippen molar-refractivity contribution in [2.45, 2.75) is 84.3 Å². The molecule has 4 heteroatoms. The predicted octanol–water partition coefficient (Wildman–Crippen LogP) is 3.71. The molecule has 1 rings (SSSR count). The van der Waals surface area contributed by atoms with Crippen molar-refractivity contribution in [1.82, 2.24) is 10.2 Å². The van der Waals surface area contributed by atoms with Crippen molar-refractivity contribution in [3.63, 3.8) is 0 Å². The van der Waals surface area contributed by atoms with E-state index in [1.807, 2.05) is 20.8 Å². The van der Waals surface area contributed by atoms with E-state index in [-0.39, 0.29) is 17.6 Å². The van der Waals surface area contributed by atoms with Gasteiger partial charge >= 0.3 is 6.09 Å². The first-order valence-electron chi connectivity index (χ1n) is 8.04. The fraction of sp³-hybridized carbons (Fsp3) is 0.938. The lowest BCUT2D eigenvalue weighted by Crippen LogP contribution is -2.59. The number of nitrogens with one attached hydrogen (secondary N) is 1. The summed E-state index contributed by atoms with van der Waals surface area (Å²) in [6, 6.07) is 0.256. The Morgan fingerprint density at radius 1 is 1.30 bits per heavy atom. The van der Waals surface area contributed by atoms with E-state index >= 15 is 0 Å². The fourth-order valence-electron chi connectivity index (χ4n) is 3.69. The molecule has 0 aliphatic heterocycles. The lowest BCUT2D eigenvalue weighted by atomic mass is 9.80. The average molecular weight is 284 g/mol. The molecule has 1 aliphatic rings. The van der Waals surface area contributed by atoms with Gasteiger partial charge in [-0.05, 0) is 53.0 Å². The van der Waals surface area contributed by atoms with E-state index in [1.165, 1.54) is 32.1 Å². The lowest BCUT2D eigenvalue weighted by Gasteiger charge is -2.44. The molecule has 2 N–H and O–H groups in total. The van der Waals surface area contributed by atoms with Crippen LogP contribution in [0.3, 0.4) is 0 Å². The summed E-state index contributed by atoms with van der Waals surface area (Å²) in [6.45, 7) is 11.0. The second kappa shape index (κ2) is 7.30. The standard InChI is InChI=1S/C16H32N2O2/c1-6-17-14(13-10-8-7-9-11-13)12(2)18(15(19)20)16(3,4)5/h12-14,17H,6-11H2,1-5H3,(H,19,20). The minimum Gasteiger partial charge on any atom is -0.465 e. The van der Waals surface area contributed by atoms with Gasteiger partial charge in [0.2, 0.25) is 0 Å². The van der Waals surface area contributed by atoms with E-state index in [0.29, 0.717) is 5.92 Å².